The van der Waals surface area contributed by atoms with Crippen LogP contribution in [0, 0.1) is 6.92 Å². The smallest absolute Gasteiger partial charge is 0.316 e. The lowest BCUT2D eigenvalue weighted by atomic mass is 10.0. The molecule has 0 fully saturated rings. The zero-order valence-electron chi connectivity index (χ0n) is 10.4. The number of hydrogen-bond donors (Lipinski definition) is 0. The SMILES string of the molecule is CCCC(C(=O)OCC)c1nc(C)nn1C. The standard InChI is InChI=1S/C11H19N3O2/c1-5-7-9(11(15)16-6-2)10-12-8(3)13-14(10)4/h9H,5-7H2,1-4H3. The molecule has 0 radical (unpaired) electrons. The van der Waals surface area contributed by atoms with Crippen LogP contribution in [0.4, 0.5) is 0 Å². The maximum Gasteiger partial charge on any atom is 0.316 e. The van der Waals surface area contributed by atoms with Gasteiger partial charge in [0.15, 0.2) is 0 Å². The average molecular weight is 225 g/mol. The Bertz CT molecular complexity index is 360. The normalized spacial score (nSPS) is 12.5. The Morgan fingerprint density at radius 2 is 2.19 bits per heavy atom. The minimum atomic E-state index is -0.295. The lowest BCUT2D eigenvalue weighted by Crippen LogP contribution is -2.19. The highest BCUT2D eigenvalue weighted by Crippen LogP contribution is 2.20. The van der Waals surface area contributed by atoms with Gasteiger partial charge >= 0.3 is 5.97 Å². The van der Waals surface area contributed by atoms with Gasteiger partial charge in [-0.2, -0.15) is 5.10 Å². The molecule has 1 atom stereocenters. The van der Waals surface area contributed by atoms with Crippen molar-refractivity contribution < 1.29 is 9.53 Å². The number of carbonyl (C=O) groups excluding carboxylic acids is 1. The summed E-state index contributed by atoms with van der Waals surface area (Å²) in [6.45, 7) is 6.06. The fourth-order valence-corrected chi connectivity index (χ4v) is 1.72. The quantitative estimate of drug-likeness (QED) is 0.714. The maximum atomic E-state index is 11.8. The van der Waals surface area contributed by atoms with Gasteiger partial charge < -0.3 is 4.74 Å². The Morgan fingerprint density at radius 1 is 1.50 bits per heavy atom. The van der Waals surface area contributed by atoms with Crippen LogP contribution in [0.3, 0.4) is 0 Å². The number of aryl methyl sites for hydroxylation is 2. The fraction of sp³-hybridized carbons (Fsp3) is 0.727. The Hall–Kier alpha value is -1.39. The molecule has 1 aromatic rings. The number of aromatic nitrogens is 3. The van der Waals surface area contributed by atoms with Crippen LogP contribution in [0.2, 0.25) is 0 Å². The minimum Gasteiger partial charge on any atom is -0.465 e. The first-order valence-corrected chi connectivity index (χ1v) is 5.64. The average Bonchev–Trinajstić information content (AvgIpc) is 2.54. The second kappa shape index (κ2) is 5.63. The van der Waals surface area contributed by atoms with Crippen molar-refractivity contribution in [2.75, 3.05) is 6.61 Å². The molecule has 0 amide bonds. The van der Waals surface area contributed by atoms with Crippen LogP contribution in [0.1, 0.15) is 44.3 Å². The van der Waals surface area contributed by atoms with E-state index in [1.165, 1.54) is 0 Å². The molecule has 16 heavy (non-hydrogen) atoms. The van der Waals surface area contributed by atoms with Crippen LogP contribution < -0.4 is 0 Å². The van der Waals surface area contributed by atoms with Crippen LogP contribution in [0.25, 0.3) is 0 Å². The van der Waals surface area contributed by atoms with Crippen molar-refractivity contribution in [3.63, 3.8) is 0 Å². The number of carbonyl (C=O) groups is 1. The van der Waals surface area contributed by atoms with Crippen molar-refractivity contribution in [1.29, 1.82) is 0 Å². The molecule has 0 aliphatic heterocycles. The van der Waals surface area contributed by atoms with Gasteiger partial charge in [0, 0.05) is 7.05 Å². The summed E-state index contributed by atoms with van der Waals surface area (Å²) >= 11 is 0. The van der Waals surface area contributed by atoms with Crippen LogP contribution in [0.5, 0.6) is 0 Å². The summed E-state index contributed by atoms with van der Waals surface area (Å²) in [6, 6.07) is 0. The largest absolute Gasteiger partial charge is 0.465 e. The molecule has 90 valence electrons. The number of hydrogen-bond acceptors (Lipinski definition) is 4. The summed E-state index contributed by atoms with van der Waals surface area (Å²) in [5.41, 5.74) is 0. The molecule has 1 heterocycles. The molecule has 0 spiro atoms. The summed E-state index contributed by atoms with van der Waals surface area (Å²) in [6.07, 6.45) is 1.65. The number of nitrogens with zero attached hydrogens (tertiary/aromatic N) is 3. The number of ether oxygens (including phenoxy) is 1. The van der Waals surface area contributed by atoms with E-state index in [1.807, 2.05) is 20.8 Å². The summed E-state index contributed by atoms with van der Waals surface area (Å²) in [5.74, 6) is 0.872. The van der Waals surface area contributed by atoms with E-state index >= 15 is 0 Å². The van der Waals surface area contributed by atoms with Gasteiger partial charge in [-0.05, 0) is 20.3 Å². The van der Waals surface area contributed by atoms with Gasteiger partial charge in [-0.25, -0.2) is 4.98 Å². The van der Waals surface area contributed by atoms with Crippen LogP contribution in [-0.4, -0.2) is 27.3 Å². The van der Waals surface area contributed by atoms with Crippen molar-refractivity contribution in [1.82, 2.24) is 14.8 Å². The monoisotopic (exact) mass is 225 g/mol. The maximum absolute atomic E-state index is 11.8. The Labute approximate surface area is 95.8 Å². The molecule has 5 heteroatoms. The predicted octanol–water partition coefficient (Wildman–Crippen LogP) is 1.57. The number of rotatable bonds is 5. The van der Waals surface area contributed by atoms with E-state index in [1.54, 1.807) is 11.7 Å². The summed E-state index contributed by atoms with van der Waals surface area (Å²) < 4.78 is 6.71. The molecule has 1 aromatic heterocycles. The zero-order chi connectivity index (χ0) is 12.1. The van der Waals surface area contributed by atoms with E-state index in [9.17, 15) is 4.79 Å². The van der Waals surface area contributed by atoms with Crippen LogP contribution >= 0.6 is 0 Å². The lowest BCUT2D eigenvalue weighted by molar-refractivity contribution is -0.145. The van der Waals surface area contributed by atoms with E-state index < -0.39 is 0 Å². The Kier molecular flexibility index (Phi) is 4.46. The van der Waals surface area contributed by atoms with Gasteiger partial charge in [0.05, 0.1) is 6.61 Å². The topological polar surface area (TPSA) is 57.0 Å². The Balaban J connectivity index is 2.92. The van der Waals surface area contributed by atoms with Gasteiger partial charge in [0.1, 0.15) is 17.6 Å². The first-order chi connectivity index (χ1) is 7.60. The highest BCUT2D eigenvalue weighted by Gasteiger charge is 2.25. The highest BCUT2D eigenvalue weighted by atomic mass is 16.5. The lowest BCUT2D eigenvalue weighted by Gasteiger charge is -2.13. The van der Waals surface area contributed by atoms with E-state index in [0.29, 0.717) is 18.3 Å². The summed E-state index contributed by atoms with van der Waals surface area (Å²) in [4.78, 5) is 16.1. The second-order valence-electron chi connectivity index (χ2n) is 3.73. The molecule has 0 aromatic carbocycles. The molecule has 0 saturated carbocycles. The fourth-order valence-electron chi connectivity index (χ4n) is 1.72. The zero-order valence-corrected chi connectivity index (χ0v) is 10.4. The first kappa shape index (κ1) is 12.7. The molecular formula is C11H19N3O2. The van der Waals surface area contributed by atoms with Crippen LogP contribution in [-0.2, 0) is 16.6 Å². The summed E-state index contributed by atoms with van der Waals surface area (Å²) in [5, 5.41) is 4.15. The minimum absolute atomic E-state index is 0.208. The summed E-state index contributed by atoms with van der Waals surface area (Å²) in [7, 11) is 1.80. The molecule has 1 rings (SSSR count). The molecule has 1 unspecified atom stereocenters. The van der Waals surface area contributed by atoms with Crippen molar-refractivity contribution in [3.8, 4) is 0 Å². The van der Waals surface area contributed by atoms with Crippen molar-refractivity contribution >= 4 is 5.97 Å². The van der Waals surface area contributed by atoms with Crippen molar-refractivity contribution in [2.24, 2.45) is 7.05 Å². The third kappa shape index (κ3) is 2.81. The van der Waals surface area contributed by atoms with E-state index in [2.05, 4.69) is 10.1 Å². The molecular weight excluding hydrogens is 206 g/mol. The van der Waals surface area contributed by atoms with Crippen molar-refractivity contribution in [3.05, 3.63) is 11.6 Å². The second-order valence-corrected chi connectivity index (χ2v) is 3.73. The Morgan fingerprint density at radius 3 is 2.62 bits per heavy atom. The predicted molar refractivity (Wildman–Crippen MR) is 60.0 cm³/mol. The third-order valence-corrected chi connectivity index (χ3v) is 2.36. The molecule has 5 nitrogen and oxygen atoms in total. The van der Waals surface area contributed by atoms with Gasteiger partial charge in [-0.1, -0.05) is 13.3 Å². The van der Waals surface area contributed by atoms with Gasteiger partial charge in [-0.15, -0.1) is 0 Å². The molecule has 0 bridgehead atoms. The number of esters is 1. The molecule has 0 saturated heterocycles. The third-order valence-electron chi connectivity index (χ3n) is 2.36. The molecule has 0 N–H and O–H groups in total. The highest BCUT2D eigenvalue weighted by molar-refractivity contribution is 5.77. The molecule has 0 aliphatic rings. The molecule has 0 aliphatic carbocycles. The van der Waals surface area contributed by atoms with E-state index in [0.717, 1.165) is 12.8 Å². The van der Waals surface area contributed by atoms with Gasteiger partial charge in [0.25, 0.3) is 0 Å². The van der Waals surface area contributed by atoms with Crippen LogP contribution in [0.15, 0.2) is 0 Å². The van der Waals surface area contributed by atoms with Gasteiger partial charge in [-0.3, -0.25) is 9.48 Å². The van der Waals surface area contributed by atoms with E-state index in [4.69, 9.17) is 4.74 Å². The van der Waals surface area contributed by atoms with E-state index in [-0.39, 0.29) is 11.9 Å². The first-order valence-electron chi connectivity index (χ1n) is 5.64. The van der Waals surface area contributed by atoms with Crippen molar-refractivity contribution in [2.45, 2.75) is 39.5 Å². The van der Waals surface area contributed by atoms with Gasteiger partial charge in [0.2, 0.25) is 0 Å².